The van der Waals surface area contributed by atoms with Crippen molar-refractivity contribution in [3.8, 4) is 10.6 Å². The van der Waals surface area contributed by atoms with Crippen molar-refractivity contribution < 1.29 is 18.3 Å². The van der Waals surface area contributed by atoms with E-state index in [1.54, 1.807) is 16.7 Å². The molecular formula is C12H13F3N2OS2. The molecule has 0 saturated carbocycles. The molecule has 0 spiro atoms. The number of hydrogen-bond acceptors (Lipinski definition) is 5. The minimum Gasteiger partial charge on any atom is -0.395 e. The molecule has 0 fully saturated rings. The Morgan fingerprint density at radius 2 is 2.10 bits per heavy atom. The number of aliphatic hydroxyl groups is 1. The number of thiazole rings is 1. The van der Waals surface area contributed by atoms with Crippen LogP contribution in [0, 0.1) is 0 Å². The van der Waals surface area contributed by atoms with Gasteiger partial charge in [-0.3, -0.25) is 4.90 Å². The van der Waals surface area contributed by atoms with Crippen molar-refractivity contribution in [1.82, 2.24) is 9.88 Å². The molecule has 20 heavy (non-hydrogen) atoms. The molecule has 2 aromatic heterocycles. The van der Waals surface area contributed by atoms with Crippen LogP contribution >= 0.6 is 22.7 Å². The number of aliphatic hydroxyl groups excluding tert-OH is 1. The van der Waals surface area contributed by atoms with Crippen molar-refractivity contribution in [1.29, 1.82) is 0 Å². The largest absolute Gasteiger partial charge is 0.401 e. The van der Waals surface area contributed by atoms with Crippen molar-refractivity contribution in [2.45, 2.75) is 12.7 Å². The minimum atomic E-state index is -4.28. The van der Waals surface area contributed by atoms with E-state index in [4.69, 9.17) is 5.11 Å². The van der Waals surface area contributed by atoms with Gasteiger partial charge < -0.3 is 5.11 Å². The molecule has 0 radical (unpaired) electrons. The zero-order chi connectivity index (χ0) is 14.6. The van der Waals surface area contributed by atoms with E-state index < -0.39 is 12.7 Å². The van der Waals surface area contributed by atoms with E-state index in [1.165, 1.54) is 11.3 Å². The summed E-state index contributed by atoms with van der Waals surface area (Å²) in [5, 5.41) is 15.3. The van der Waals surface area contributed by atoms with Crippen LogP contribution in [0.3, 0.4) is 0 Å². The topological polar surface area (TPSA) is 36.4 Å². The zero-order valence-corrected chi connectivity index (χ0v) is 12.1. The smallest absolute Gasteiger partial charge is 0.395 e. The third kappa shape index (κ3) is 4.55. The van der Waals surface area contributed by atoms with Crippen LogP contribution in [0.2, 0.25) is 0 Å². The molecule has 110 valence electrons. The van der Waals surface area contributed by atoms with Gasteiger partial charge >= 0.3 is 6.18 Å². The quantitative estimate of drug-likeness (QED) is 0.887. The fourth-order valence-electron chi connectivity index (χ4n) is 1.74. The van der Waals surface area contributed by atoms with Gasteiger partial charge in [-0.1, -0.05) is 0 Å². The van der Waals surface area contributed by atoms with Crippen molar-refractivity contribution in [2.75, 3.05) is 19.7 Å². The molecule has 8 heteroatoms. The Bertz CT molecular complexity index is 525. The maximum absolute atomic E-state index is 12.4. The lowest BCUT2D eigenvalue weighted by Gasteiger charge is -2.21. The van der Waals surface area contributed by atoms with E-state index in [0.717, 1.165) is 15.5 Å². The summed E-state index contributed by atoms with van der Waals surface area (Å²) in [7, 11) is 0. The summed E-state index contributed by atoms with van der Waals surface area (Å²) in [4.78, 5) is 5.48. The Labute approximate surface area is 122 Å². The lowest BCUT2D eigenvalue weighted by Crippen LogP contribution is -2.35. The van der Waals surface area contributed by atoms with Gasteiger partial charge in [0.05, 0.1) is 18.8 Å². The van der Waals surface area contributed by atoms with Crippen LogP contribution in [0.15, 0.2) is 22.2 Å². The maximum Gasteiger partial charge on any atom is 0.401 e. The first-order chi connectivity index (χ1) is 9.48. The fourth-order valence-corrected chi connectivity index (χ4v) is 3.26. The number of rotatable bonds is 6. The summed E-state index contributed by atoms with van der Waals surface area (Å²) in [6.07, 6.45) is -4.28. The van der Waals surface area contributed by atoms with Gasteiger partial charge in [0, 0.05) is 29.4 Å². The lowest BCUT2D eigenvalue weighted by molar-refractivity contribution is -0.148. The molecule has 2 aromatic rings. The number of hydrogen-bond donors (Lipinski definition) is 1. The van der Waals surface area contributed by atoms with E-state index in [9.17, 15) is 13.2 Å². The third-order valence-corrected chi connectivity index (χ3v) is 4.15. The number of thiophene rings is 1. The molecule has 0 aliphatic carbocycles. The van der Waals surface area contributed by atoms with Crippen LogP contribution in [-0.2, 0) is 6.54 Å². The normalized spacial score (nSPS) is 12.2. The van der Waals surface area contributed by atoms with Crippen molar-refractivity contribution in [3.05, 3.63) is 27.9 Å². The van der Waals surface area contributed by atoms with Crippen LogP contribution < -0.4 is 0 Å². The van der Waals surface area contributed by atoms with Gasteiger partial charge in [-0.15, -0.1) is 11.3 Å². The molecule has 0 unspecified atom stereocenters. The molecule has 0 saturated heterocycles. The Kier molecular flexibility index (Phi) is 5.14. The molecule has 0 atom stereocenters. The van der Waals surface area contributed by atoms with Gasteiger partial charge in [-0.2, -0.15) is 24.5 Å². The second-order valence-electron chi connectivity index (χ2n) is 4.21. The first kappa shape index (κ1) is 15.4. The summed E-state index contributed by atoms with van der Waals surface area (Å²) in [6.45, 7) is -1.29. The minimum absolute atomic E-state index is 0.0230. The standard InChI is InChI=1S/C12H13F3N2OS2/c13-12(14,15)8-17(2-3-18)5-10-7-20-11(16-10)9-1-4-19-6-9/h1,4,6-7,18H,2-3,5,8H2. The Morgan fingerprint density at radius 3 is 2.70 bits per heavy atom. The summed E-state index contributed by atoms with van der Waals surface area (Å²) in [5.74, 6) is 0. The van der Waals surface area contributed by atoms with E-state index in [2.05, 4.69) is 4.98 Å². The van der Waals surface area contributed by atoms with E-state index in [-0.39, 0.29) is 19.7 Å². The predicted octanol–water partition coefficient (Wildman–Crippen LogP) is 3.23. The zero-order valence-electron chi connectivity index (χ0n) is 10.4. The molecule has 2 rings (SSSR count). The molecule has 0 bridgehead atoms. The molecule has 3 nitrogen and oxygen atoms in total. The number of aromatic nitrogens is 1. The highest BCUT2D eigenvalue weighted by atomic mass is 32.1. The van der Waals surface area contributed by atoms with Gasteiger partial charge in [-0.05, 0) is 11.4 Å². The van der Waals surface area contributed by atoms with Gasteiger partial charge in [-0.25, -0.2) is 4.98 Å². The van der Waals surface area contributed by atoms with Crippen LogP contribution in [-0.4, -0.2) is 40.9 Å². The van der Waals surface area contributed by atoms with Gasteiger partial charge in [0.1, 0.15) is 5.01 Å². The van der Waals surface area contributed by atoms with Crippen molar-refractivity contribution in [2.24, 2.45) is 0 Å². The molecular weight excluding hydrogens is 309 g/mol. The van der Waals surface area contributed by atoms with Gasteiger partial charge in [0.15, 0.2) is 0 Å². The van der Waals surface area contributed by atoms with Crippen molar-refractivity contribution >= 4 is 22.7 Å². The third-order valence-electron chi connectivity index (χ3n) is 2.52. The highest BCUT2D eigenvalue weighted by Crippen LogP contribution is 2.26. The molecule has 0 aliphatic rings. The Hall–Kier alpha value is -0.960. The number of halogens is 3. The second-order valence-corrected chi connectivity index (χ2v) is 5.84. The van der Waals surface area contributed by atoms with E-state index >= 15 is 0 Å². The maximum atomic E-state index is 12.4. The van der Waals surface area contributed by atoms with Crippen LogP contribution in [0.1, 0.15) is 5.69 Å². The average molecular weight is 322 g/mol. The lowest BCUT2D eigenvalue weighted by atomic mass is 10.3. The molecule has 0 amide bonds. The SMILES string of the molecule is OCCN(Cc1csc(-c2ccsc2)n1)CC(F)(F)F. The fraction of sp³-hybridized carbons (Fsp3) is 0.417. The summed E-state index contributed by atoms with van der Waals surface area (Å²) >= 11 is 2.96. The second kappa shape index (κ2) is 6.66. The monoisotopic (exact) mass is 322 g/mol. The first-order valence-electron chi connectivity index (χ1n) is 5.85. The van der Waals surface area contributed by atoms with E-state index in [1.807, 2.05) is 16.8 Å². The molecule has 0 aromatic carbocycles. The molecule has 1 N–H and O–H groups in total. The van der Waals surface area contributed by atoms with Crippen LogP contribution in [0.5, 0.6) is 0 Å². The summed E-state index contributed by atoms with van der Waals surface area (Å²) < 4.78 is 37.3. The Balaban J connectivity index is 2.03. The predicted molar refractivity (Wildman–Crippen MR) is 73.8 cm³/mol. The van der Waals surface area contributed by atoms with Gasteiger partial charge in [0.2, 0.25) is 0 Å². The summed E-state index contributed by atoms with van der Waals surface area (Å²) in [5.41, 5.74) is 1.57. The average Bonchev–Trinajstić information content (AvgIpc) is 2.96. The van der Waals surface area contributed by atoms with Crippen LogP contribution in [0.25, 0.3) is 10.6 Å². The van der Waals surface area contributed by atoms with Gasteiger partial charge in [0.25, 0.3) is 0 Å². The number of alkyl halides is 3. The van der Waals surface area contributed by atoms with Crippen LogP contribution in [0.4, 0.5) is 13.2 Å². The molecule has 2 heterocycles. The first-order valence-corrected chi connectivity index (χ1v) is 7.67. The highest BCUT2D eigenvalue weighted by molar-refractivity contribution is 7.14. The molecule has 0 aliphatic heterocycles. The Morgan fingerprint density at radius 1 is 1.30 bits per heavy atom. The highest BCUT2D eigenvalue weighted by Gasteiger charge is 2.30. The number of nitrogens with zero attached hydrogens (tertiary/aromatic N) is 2. The van der Waals surface area contributed by atoms with Crippen molar-refractivity contribution in [3.63, 3.8) is 0 Å². The van der Waals surface area contributed by atoms with E-state index in [0.29, 0.717) is 5.69 Å². The summed E-state index contributed by atoms with van der Waals surface area (Å²) in [6, 6.07) is 1.93.